The highest BCUT2D eigenvalue weighted by Crippen LogP contribution is 2.03. The zero-order valence-electron chi connectivity index (χ0n) is 10.1. The molecule has 0 aliphatic carbocycles. The van der Waals surface area contributed by atoms with Crippen molar-refractivity contribution >= 4 is 12.0 Å². The Kier molecular flexibility index (Phi) is 8.29. The molecule has 0 heterocycles. The summed E-state index contributed by atoms with van der Waals surface area (Å²) in [6, 6.07) is -0.171. The van der Waals surface area contributed by atoms with E-state index in [2.05, 4.69) is 17.6 Å². The van der Waals surface area contributed by atoms with E-state index in [0.717, 1.165) is 12.8 Å². The van der Waals surface area contributed by atoms with Crippen LogP contribution in [-0.4, -0.2) is 30.2 Å². The number of carboxylic acids is 1. The number of aliphatic carboxylic acids is 1. The third-order valence-corrected chi connectivity index (χ3v) is 2.28. The number of hydrogen-bond donors (Lipinski definition) is 3. The van der Waals surface area contributed by atoms with Crippen LogP contribution in [0.5, 0.6) is 0 Å². The Morgan fingerprint density at radius 1 is 1.31 bits per heavy atom. The third kappa shape index (κ3) is 9.30. The molecule has 0 saturated heterocycles. The molecule has 0 aromatic carbocycles. The maximum atomic E-state index is 11.2. The van der Waals surface area contributed by atoms with E-state index < -0.39 is 5.97 Å². The van der Waals surface area contributed by atoms with Crippen molar-refractivity contribution in [1.29, 1.82) is 0 Å². The molecule has 1 atom stereocenters. The largest absolute Gasteiger partial charge is 0.481 e. The minimum Gasteiger partial charge on any atom is -0.481 e. The molecule has 5 heteroatoms. The Morgan fingerprint density at radius 3 is 2.56 bits per heavy atom. The van der Waals surface area contributed by atoms with Gasteiger partial charge in [0.05, 0.1) is 0 Å². The van der Waals surface area contributed by atoms with Crippen molar-refractivity contribution in [2.45, 2.75) is 39.5 Å². The van der Waals surface area contributed by atoms with Gasteiger partial charge in [-0.1, -0.05) is 20.3 Å². The van der Waals surface area contributed by atoms with Crippen LogP contribution in [0.25, 0.3) is 0 Å². The van der Waals surface area contributed by atoms with Gasteiger partial charge in [0, 0.05) is 19.5 Å². The first-order valence-corrected chi connectivity index (χ1v) is 5.79. The fourth-order valence-electron chi connectivity index (χ4n) is 1.18. The number of carboxylic acid groups (broad SMARTS) is 1. The van der Waals surface area contributed by atoms with Gasteiger partial charge in [0.2, 0.25) is 0 Å². The number of amides is 2. The molecule has 16 heavy (non-hydrogen) atoms. The third-order valence-electron chi connectivity index (χ3n) is 2.28. The molecular weight excluding hydrogens is 208 g/mol. The fourth-order valence-corrected chi connectivity index (χ4v) is 1.18. The Balaban J connectivity index is 3.47. The molecule has 0 radical (unpaired) electrons. The van der Waals surface area contributed by atoms with Crippen molar-refractivity contribution in [2.24, 2.45) is 5.92 Å². The van der Waals surface area contributed by atoms with Gasteiger partial charge in [0.1, 0.15) is 0 Å². The normalized spacial score (nSPS) is 11.9. The minimum absolute atomic E-state index is 0.153. The first-order valence-electron chi connectivity index (χ1n) is 5.79. The van der Waals surface area contributed by atoms with Gasteiger partial charge in [0.25, 0.3) is 0 Å². The van der Waals surface area contributed by atoms with Crippen LogP contribution in [0, 0.1) is 5.92 Å². The van der Waals surface area contributed by atoms with Gasteiger partial charge >= 0.3 is 12.0 Å². The van der Waals surface area contributed by atoms with Crippen LogP contribution < -0.4 is 10.6 Å². The second kappa shape index (κ2) is 9.00. The van der Waals surface area contributed by atoms with Crippen molar-refractivity contribution in [1.82, 2.24) is 10.6 Å². The second-order valence-corrected chi connectivity index (χ2v) is 4.03. The summed E-state index contributed by atoms with van der Waals surface area (Å²) in [6.45, 7) is 5.19. The van der Waals surface area contributed by atoms with Gasteiger partial charge < -0.3 is 15.7 Å². The number of rotatable bonds is 8. The molecule has 0 bridgehead atoms. The van der Waals surface area contributed by atoms with E-state index >= 15 is 0 Å². The van der Waals surface area contributed by atoms with Gasteiger partial charge in [-0.2, -0.15) is 0 Å². The predicted molar refractivity (Wildman–Crippen MR) is 62.3 cm³/mol. The van der Waals surface area contributed by atoms with E-state index in [1.165, 1.54) is 0 Å². The average Bonchev–Trinajstić information content (AvgIpc) is 2.24. The van der Waals surface area contributed by atoms with Crippen LogP contribution in [0.3, 0.4) is 0 Å². The quantitative estimate of drug-likeness (QED) is 0.554. The van der Waals surface area contributed by atoms with Crippen molar-refractivity contribution in [3.63, 3.8) is 0 Å². The highest BCUT2D eigenvalue weighted by molar-refractivity contribution is 5.73. The van der Waals surface area contributed by atoms with Gasteiger partial charge in [-0.15, -0.1) is 0 Å². The highest BCUT2D eigenvalue weighted by atomic mass is 16.4. The number of nitrogens with one attached hydrogen (secondary N) is 2. The summed E-state index contributed by atoms with van der Waals surface area (Å²) in [5.41, 5.74) is 0. The number of urea groups is 1. The van der Waals surface area contributed by atoms with E-state index in [0.29, 0.717) is 19.5 Å². The standard InChI is InChI=1S/C11H22N2O3/c1-3-4-7-12-11(16)13-8-9(2)5-6-10(14)15/h9H,3-8H2,1-2H3,(H,14,15)(H2,12,13,16). The Labute approximate surface area is 96.6 Å². The zero-order chi connectivity index (χ0) is 12.4. The van der Waals surface area contributed by atoms with E-state index in [1.54, 1.807) is 0 Å². The van der Waals surface area contributed by atoms with E-state index in [4.69, 9.17) is 5.11 Å². The SMILES string of the molecule is CCCCNC(=O)NCC(C)CCC(=O)O. The van der Waals surface area contributed by atoms with Crippen molar-refractivity contribution < 1.29 is 14.7 Å². The number of carbonyl (C=O) groups is 2. The first kappa shape index (κ1) is 14.7. The van der Waals surface area contributed by atoms with Gasteiger partial charge in [0.15, 0.2) is 0 Å². The van der Waals surface area contributed by atoms with Crippen molar-refractivity contribution in [3.05, 3.63) is 0 Å². The summed E-state index contributed by atoms with van der Waals surface area (Å²) in [5, 5.41) is 13.9. The maximum absolute atomic E-state index is 11.2. The fraction of sp³-hybridized carbons (Fsp3) is 0.818. The van der Waals surface area contributed by atoms with E-state index in [9.17, 15) is 9.59 Å². The lowest BCUT2D eigenvalue weighted by atomic mass is 10.1. The summed E-state index contributed by atoms with van der Waals surface area (Å²) in [6.07, 6.45) is 2.77. The Morgan fingerprint density at radius 2 is 2.00 bits per heavy atom. The topological polar surface area (TPSA) is 78.4 Å². The molecule has 0 rings (SSSR count). The maximum Gasteiger partial charge on any atom is 0.314 e. The molecule has 5 nitrogen and oxygen atoms in total. The summed E-state index contributed by atoms with van der Waals surface area (Å²) in [7, 11) is 0. The summed E-state index contributed by atoms with van der Waals surface area (Å²) < 4.78 is 0. The van der Waals surface area contributed by atoms with Gasteiger partial charge in [-0.05, 0) is 18.8 Å². The zero-order valence-corrected chi connectivity index (χ0v) is 10.1. The first-order chi connectivity index (χ1) is 7.56. The average molecular weight is 230 g/mol. The van der Waals surface area contributed by atoms with Crippen molar-refractivity contribution in [3.8, 4) is 0 Å². The smallest absolute Gasteiger partial charge is 0.314 e. The molecule has 0 aromatic rings. The van der Waals surface area contributed by atoms with E-state index in [-0.39, 0.29) is 18.4 Å². The van der Waals surface area contributed by atoms with Crippen LogP contribution in [0.15, 0.2) is 0 Å². The molecular formula is C11H22N2O3. The molecule has 0 fully saturated rings. The molecule has 0 aliphatic heterocycles. The van der Waals surface area contributed by atoms with Crippen LogP contribution in [0.4, 0.5) is 4.79 Å². The van der Waals surface area contributed by atoms with E-state index in [1.807, 2.05) is 6.92 Å². The summed E-state index contributed by atoms with van der Waals surface area (Å²) >= 11 is 0. The van der Waals surface area contributed by atoms with Crippen LogP contribution in [0.1, 0.15) is 39.5 Å². The predicted octanol–water partition coefficient (Wildman–Crippen LogP) is 1.59. The number of carbonyl (C=O) groups excluding carboxylic acids is 1. The lowest BCUT2D eigenvalue weighted by Gasteiger charge is -2.12. The molecule has 0 spiro atoms. The summed E-state index contributed by atoms with van der Waals surface area (Å²) in [4.78, 5) is 21.5. The second-order valence-electron chi connectivity index (χ2n) is 4.03. The van der Waals surface area contributed by atoms with Gasteiger partial charge in [-0.25, -0.2) is 4.79 Å². The minimum atomic E-state index is -0.792. The van der Waals surface area contributed by atoms with Gasteiger partial charge in [-0.3, -0.25) is 4.79 Å². The molecule has 0 aliphatic rings. The molecule has 3 N–H and O–H groups in total. The van der Waals surface area contributed by atoms with Crippen molar-refractivity contribution in [2.75, 3.05) is 13.1 Å². The number of unbranched alkanes of at least 4 members (excludes halogenated alkanes) is 1. The lowest BCUT2D eigenvalue weighted by molar-refractivity contribution is -0.137. The summed E-state index contributed by atoms with van der Waals surface area (Å²) in [5.74, 6) is -0.604. The van der Waals surface area contributed by atoms with Crippen LogP contribution >= 0.6 is 0 Å². The van der Waals surface area contributed by atoms with Crippen LogP contribution in [-0.2, 0) is 4.79 Å². The Hall–Kier alpha value is -1.26. The molecule has 0 saturated carbocycles. The molecule has 0 aromatic heterocycles. The number of hydrogen-bond acceptors (Lipinski definition) is 2. The monoisotopic (exact) mass is 230 g/mol. The molecule has 2 amide bonds. The highest BCUT2D eigenvalue weighted by Gasteiger charge is 2.06. The Bertz CT molecular complexity index is 219. The molecule has 1 unspecified atom stereocenters. The van der Waals surface area contributed by atoms with Crippen LogP contribution in [0.2, 0.25) is 0 Å². The lowest BCUT2D eigenvalue weighted by Crippen LogP contribution is -2.38. The molecule has 94 valence electrons.